The van der Waals surface area contributed by atoms with E-state index >= 15 is 0 Å². The molecule has 0 aromatic heterocycles. The Morgan fingerprint density at radius 2 is 1.74 bits per heavy atom. The summed E-state index contributed by atoms with van der Waals surface area (Å²) in [5, 5.41) is 3.34. The molecule has 1 fully saturated rings. The van der Waals surface area contributed by atoms with Gasteiger partial charge in [0.05, 0.1) is 28.4 Å². The monoisotopic (exact) mass is 698 g/mol. The van der Waals surface area contributed by atoms with Crippen molar-refractivity contribution in [3.8, 4) is 17.2 Å². The maximum atomic E-state index is 12.5. The molecule has 1 saturated heterocycles. The van der Waals surface area contributed by atoms with Crippen molar-refractivity contribution in [2.45, 2.75) is 6.61 Å². The van der Waals surface area contributed by atoms with Crippen molar-refractivity contribution in [1.29, 1.82) is 0 Å². The molecule has 1 amide bonds. The van der Waals surface area contributed by atoms with Crippen LogP contribution in [0.2, 0.25) is 0 Å². The molecule has 6 nitrogen and oxygen atoms in total. The largest absolute Gasteiger partial charge is 0.497 e. The third-order valence-electron chi connectivity index (χ3n) is 4.80. The molecule has 4 rings (SSSR count). The van der Waals surface area contributed by atoms with E-state index < -0.39 is 0 Å². The highest BCUT2D eigenvalue weighted by molar-refractivity contribution is 14.1. The van der Waals surface area contributed by atoms with Crippen molar-refractivity contribution in [1.82, 2.24) is 5.32 Å². The van der Waals surface area contributed by atoms with Gasteiger partial charge in [0.2, 0.25) is 0 Å². The smallest absolute Gasteiger partial charge is 0.264 e. The topological polar surface area (TPSA) is 69.2 Å². The lowest BCUT2D eigenvalue weighted by molar-refractivity contribution is -0.115. The number of benzene rings is 3. The van der Waals surface area contributed by atoms with Crippen molar-refractivity contribution in [3.63, 3.8) is 0 Å². The minimum atomic E-state index is -0.190. The Balaban J connectivity index is 1.51. The fraction of sp³-hybridized carbons (Fsp3) is 0.120. The molecule has 0 atom stereocenters. The van der Waals surface area contributed by atoms with Crippen LogP contribution < -0.4 is 19.5 Å². The Bertz CT molecular complexity index is 1260. The normalized spacial score (nSPS) is 15.5. The van der Waals surface area contributed by atoms with E-state index in [2.05, 4.69) is 55.5 Å². The Morgan fingerprint density at radius 3 is 2.41 bits per heavy atom. The Labute approximate surface area is 229 Å². The number of hydrogen-bond acceptors (Lipinski definition) is 6. The first-order valence-corrected chi connectivity index (χ1v) is 13.1. The number of methoxy groups -OCH3 is 2. The highest BCUT2D eigenvalue weighted by Crippen LogP contribution is 2.36. The number of rotatable bonds is 7. The molecule has 0 spiro atoms. The molecule has 1 N–H and O–H groups in total. The van der Waals surface area contributed by atoms with E-state index in [1.54, 1.807) is 14.2 Å². The van der Waals surface area contributed by atoms with Crippen molar-refractivity contribution in [2.24, 2.45) is 4.99 Å². The lowest BCUT2D eigenvalue weighted by Crippen LogP contribution is -2.19. The van der Waals surface area contributed by atoms with E-state index in [1.807, 2.05) is 66.7 Å². The van der Waals surface area contributed by atoms with Crippen LogP contribution in [0.1, 0.15) is 11.1 Å². The quantitative estimate of drug-likeness (QED) is 0.229. The molecule has 3 aromatic carbocycles. The van der Waals surface area contributed by atoms with Crippen LogP contribution in [0.15, 0.2) is 70.6 Å². The van der Waals surface area contributed by atoms with Crippen LogP contribution in [-0.4, -0.2) is 25.3 Å². The molecule has 9 heteroatoms. The number of amidine groups is 1. The summed E-state index contributed by atoms with van der Waals surface area (Å²) in [5.74, 6) is 1.85. The number of halogens is 2. The van der Waals surface area contributed by atoms with E-state index in [9.17, 15) is 4.79 Å². The maximum Gasteiger partial charge on any atom is 0.264 e. The van der Waals surface area contributed by atoms with Gasteiger partial charge in [-0.2, -0.15) is 0 Å². The Hall–Kier alpha value is -2.25. The van der Waals surface area contributed by atoms with Crippen molar-refractivity contribution < 1.29 is 19.0 Å². The van der Waals surface area contributed by atoms with E-state index in [0.717, 1.165) is 26.1 Å². The van der Waals surface area contributed by atoms with Crippen LogP contribution in [0.25, 0.3) is 6.08 Å². The van der Waals surface area contributed by atoms with Gasteiger partial charge in [0.25, 0.3) is 5.91 Å². The van der Waals surface area contributed by atoms with E-state index in [-0.39, 0.29) is 5.91 Å². The number of nitrogens with one attached hydrogen (secondary N) is 1. The molecule has 0 aliphatic carbocycles. The van der Waals surface area contributed by atoms with Gasteiger partial charge in [0, 0.05) is 3.57 Å². The maximum absolute atomic E-state index is 12.5. The van der Waals surface area contributed by atoms with Gasteiger partial charge in [-0.3, -0.25) is 4.79 Å². The summed E-state index contributed by atoms with van der Waals surface area (Å²) in [6.07, 6.45) is 1.82. The lowest BCUT2D eigenvalue weighted by atomic mass is 10.2. The third-order valence-corrected chi connectivity index (χ3v) is 7.23. The van der Waals surface area contributed by atoms with Crippen molar-refractivity contribution in [2.75, 3.05) is 14.2 Å². The number of aliphatic imine (C=N–C) groups is 1. The SMILES string of the molecule is COc1ccc(N=C2NC(=O)/C(=C\c3cc(I)c(OCc4ccc(I)cc4)c(OC)c3)S2)cc1. The number of carbonyl (C=O) groups excluding carboxylic acids is 1. The number of carbonyl (C=O) groups is 1. The molecule has 1 aliphatic rings. The predicted octanol–water partition coefficient (Wildman–Crippen LogP) is 6.38. The van der Waals surface area contributed by atoms with Crippen LogP contribution >= 0.6 is 56.9 Å². The minimum Gasteiger partial charge on any atom is -0.497 e. The number of ether oxygens (including phenoxy) is 3. The Morgan fingerprint density at radius 1 is 1.00 bits per heavy atom. The van der Waals surface area contributed by atoms with E-state index in [4.69, 9.17) is 14.2 Å². The average Bonchev–Trinajstić information content (AvgIpc) is 3.17. The van der Waals surface area contributed by atoms with E-state index in [0.29, 0.717) is 28.2 Å². The second-order valence-corrected chi connectivity index (χ2v) is 10.6. The van der Waals surface area contributed by atoms with Gasteiger partial charge in [-0.05, 0) is 123 Å². The van der Waals surface area contributed by atoms with Gasteiger partial charge < -0.3 is 19.5 Å². The second-order valence-electron chi connectivity index (χ2n) is 7.13. The first kappa shape index (κ1) is 24.9. The first-order chi connectivity index (χ1) is 16.4. The third kappa shape index (κ3) is 6.25. The van der Waals surface area contributed by atoms with Gasteiger partial charge in [-0.15, -0.1) is 0 Å². The van der Waals surface area contributed by atoms with Gasteiger partial charge >= 0.3 is 0 Å². The highest BCUT2D eigenvalue weighted by Gasteiger charge is 2.24. The lowest BCUT2D eigenvalue weighted by Gasteiger charge is -2.14. The first-order valence-electron chi connectivity index (χ1n) is 10.1. The summed E-state index contributed by atoms with van der Waals surface area (Å²) >= 11 is 5.80. The van der Waals surface area contributed by atoms with Crippen LogP contribution in [-0.2, 0) is 11.4 Å². The van der Waals surface area contributed by atoms with Gasteiger partial charge in [-0.1, -0.05) is 12.1 Å². The zero-order valence-electron chi connectivity index (χ0n) is 18.3. The molecule has 34 heavy (non-hydrogen) atoms. The molecule has 1 aliphatic heterocycles. The number of hydrogen-bond donors (Lipinski definition) is 1. The molecule has 3 aromatic rings. The van der Waals surface area contributed by atoms with E-state index in [1.165, 1.54) is 15.3 Å². The number of nitrogens with zero attached hydrogens (tertiary/aromatic N) is 1. The van der Waals surface area contributed by atoms with Crippen molar-refractivity contribution >= 4 is 79.8 Å². The minimum absolute atomic E-state index is 0.190. The molecule has 0 saturated carbocycles. The predicted molar refractivity (Wildman–Crippen MR) is 153 cm³/mol. The molecule has 0 radical (unpaired) electrons. The number of thioether (sulfide) groups is 1. The van der Waals surface area contributed by atoms with Crippen LogP contribution in [0, 0.1) is 7.14 Å². The van der Waals surface area contributed by atoms with Gasteiger partial charge in [0.1, 0.15) is 12.4 Å². The summed E-state index contributed by atoms with van der Waals surface area (Å²) in [7, 11) is 3.22. The molecule has 0 unspecified atom stereocenters. The Kier molecular flexibility index (Phi) is 8.37. The zero-order chi connectivity index (χ0) is 24.1. The molecule has 174 valence electrons. The zero-order valence-corrected chi connectivity index (χ0v) is 23.4. The standard InChI is InChI=1S/C25H20I2N2O4S/c1-31-19-9-7-18(8-10-19)28-25-29-24(30)22(34-25)13-16-11-20(27)23(21(12-16)32-2)33-14-15-3-5-17(26)6-4-15/h3-13H,14H2,1-2H3,(H,28,29,30)/b22-13+. The molecule has 0 bridgehead atoms. The summed E-state index contributed by atoms with van der Waals surface area (Å²) in [5.41, 5.74) is 2.65. The molecular weight excluding hydrogens is 678 g/mol. The van der Waals surface area contributed by atoms with Crippen LogP contribution in [0.4, 0.5) is 5.69 Å². The average molecular weight is 698 g/mol. The second kappa shape index (κ2) is 11.5. The summed E-state index contributed by atoms with van der Waals surface area (Å²) in [6, 6.07) is 19.3. The van der Waals surface area contributed by atoms with Crippen LogP contribution in [0.3, 0.4) is 0 Å². The fourth-order valence-electron chi connectivity index (χ4n) is 3.11. The van der Waals surface area contributed by atoms with Gasteiger partial charge in [-0.25, -0.2) is 4.99 Å². The summed E-state index contributed by atoms with van der Waals surface area (Å²) in [4.78, 5) is 17.6. The fourth-order valence-corrected chi connectivity index (χ4v) is 5.09. The summed E-state index contributed by atoms with van der Waals surface area (Å²) in [6.45, 7) is 0.438. The molecular formula is C25H20I2N2O4S. The van der Waals surface area contributed by atoms with Gasteiger partial charge in [0.15, 0.2) is 16.7 Å². The summed E-state index contributed by atoms with van der Waals surface area (Å²) < 4.78 is 18.9. The highest BCUT2D eigenvalue weighted by atomic mass is 127. The van der Waals surface area contributed by atoms with Crippen LogP contribution in [0.5, 0.6) is 17.2 Å². The molecule has 1 heterocycles. The van der Waals surface area contributed by atoms with Crippen molar-refractivity contribution in [3.05, 3.63) is 83.8 Å². The number of amides is 1.